The highest BCUT2D eigenvalue weighted by molar-refractivity contribution is 6.28. The van der Waals surface area contributed by atoms with Crippen molar-refractivity contribution in [2.24, 2.45) is 5.92 Å². The summed E-state index contributed by atoms with van der Waals surface area (Å²) in [7, 11) is 0. The number of hydrogen-bond donors (Lipinski definition) is 0. The number of rotatable bonds is 3. The fourth-order valence-corrected chi connectivity index (χ4v) is 2.51. The number of esters is 1. The van der Waals surface area contributed by atoms with E-state index in [0.717, 1.165) is 11.1 Å². The molecule has 2 aromatic rings. The van der Waals surface area contributed by atoms with Crippen molar-refractivity contribution in [2.45, 2.75) is 13.8 Å². The lowest BCUT2D eigenvalue weighted by atomic mass is 9.91. The van der Waals surface area contributed by atoms with Crippen LogP contribution in [0.2, 0.25) is 0 Å². The number of ether oxygens (including phenoxy) is 1. The van der Waals surface area contributed by atoms with Gasteiger partial charge in [0, 0.05) is 17.2 Å². The third kappa shape index (κ3) is 3.04. The second-order valence-corrected chi connectivity index (χ2v) is 5.86. The molecular weight excluding hydrogens is 304 g/mol. The lowest BCUT2D eigenvalue weighted by Crippen LogP contribution is -2.35. The van der Waals surface area contributed by atoms with Gasteiger partial charge in [-0.15, -0.1) is 0 Å². The molecule has 3 rings (SSSR count). The van der Waals surface area contributed by atoms with Crippen LogP contribution in [0.25, 0.3) is 5.76 Å². The summed E-state index contributed by atoms with van der Waals surface area (Å²) in [6, 6.07) is 14.0. The van der Waals surface area contributed by atoms with Gasteiger partial charge in [0.25, 0.3) is 0 Å². The summed E-state index contributed by atoms with van der Waals surface area (Å²) in [6.07, 6.45) is 1.23. The summed E-state index contributed by atoms with van der Waals surface area (Å²) >= 11 is 0. The van der Waals surface area contributed by atoms with Gasteiger partial charge in [0.05, 0.1) is 0 Å². The van der Waals surface area contributed by atoms with Crippen LogP contribution in [0, 0.1) is 19.8 Å². The van der Waals surface area contributed by atoms with Crippen LogP contribution in [-0.4, -0.2) is 17.5 Å². The van der Waals surface area contributed by atoms with Crippen molar-refractivity contribution in [3.8, 4) is 0 Å². The molecule has 0 aliphatic carbocycles. The first kappa shape index (κ1) is 15.9. The van der Waals surface area contributed by atoms with E-state index < -0.39 is 23.5 Å². The van der Waals surface area contributed by atoms with Crippen LogP contribution in [0.1, 0.15) is 27.0 Å². The summed E-state index contributed by atoms with van der Waals surface area (Å²) in [4.78, 5) is 37.0. The van der Waals surface area contributed by atoms with Gasteiger partial charge in [-0.05, 0) is 13.8 Å². The Morgan fingerprint density at radius 2 is 1.42 bits per heavy atom. The van der Waals surface area contributed by atoms with Gasteiger partial charge in [-0.25, -0.2) is 0 Å². The maximum absolute atomic E-state index is 12.5. The Labute approximate surface area is 139 Å². The molecule has 0 radical (unpaired) electrons. The van der Waals surface area contributed by atoms with E-state index in [2.05, 4.69) is 0 Å². The van der Waals surface area contributed by atoms with Crippen LogP contribution in [-0.2, 0) is 14.3 Å². The Hall–Kier alpha value is -3.01. The van der Waals surface area contributed by atoms with Crippen molar-refractivity contribution in [1.82, 2.24) is 0 Å². The normalized spacial score (nSPS) is 17.2. The fraction of sp³-hybridized carbons (Fsp3) is 0.150. The van der Waals surface area contributed by atoms with E-state index in [1.165, 1.54) is 6.08 Å². The maximum atomic E-state index is 12.5. The molecule has 1 aliphatic heterocycles. The Morgan fingerprint density at radius 3 is 1.96 bits per heavy atom. The van der Waals surface area contributed by atoms with Gasteiger partial charge in [0.2, 0.25) is 0 Å². The first-order chi connectivity index (χ1) is 11.5. The number of aryl methyl sites for hydroxylation is 2. The average molecular weight is 320 g/mol. The first-order valence-corrected chi connectivity index (χ1v) is 7.61. The number of cyclic esters (lactones) is 1. The average Bonchev–Trinajstić information content (AvgIpc) is 2.55. The van der Waals surface area contributed by atoms with Gasteiger partial charge in [0.1, 0.15) is 5.76 Å². The minimum Gasteiger partial charge on any atom is -0.425 e. The molecule has 4 heteroatoms. The van der Waals surface area contributed by atoms with Crippen LogP contribution in [0.3, 0.4) is 0 Å². The summed E-state index contributed by atoms with van der Waals surface area (Å²) in [5.41, 5.74) is 3.00. The Morgan fingerprint density at radius 1 is 0.875 bits per heavy atom. The molecule has 24 heavy (non-hydrogen) atoms. The first-order valence-electron chi connectivity index (χ1n) is 7.61. The van der Waals surface area contributed by atoms with Crippen molar-refractivity contribution in [3.63, 3.8) is 0 Å². The van der Waals surface area contributed by atoms with E-state index in [-0.39, 0.29) is 5.76 Å². The molecule has 1 unspecified atom stereocenters. The highest BCUT2D eigenvalue weighted by Crippen LogP contribution is 2.26. The summed E-state index contributed by atoms with van der Waals surface area (Å²) in [6.45, 7) is 3.83. The predicted octanol–water partition coefficient (Wildman–Crippen LogP) is 3.27. The molecule has 1 aliphatic rings. The van der Waals surface area contributed by atoms with Gasteiger partial charge in [0.15, 0.2) is 17.5 Å². The van der Waals surface area contributed by atoms with E-state index in [1.54, 1.807) is 36.4 Å². The minimum atomic E-state index is -1.43. The number of ketones is 2. The van der Waals surface area contributed by atoms with Crippen LogP contribution in [0.4, 0.5) is 0 Å². The second kappa shape index (κ2) is 6.24. The van der Waals surface area contributed by atoms with Crippen LogP contribution in [0.15, 0.2) is 54.6 Å². The number of Topliss-reactive ketones (excluding diaryl/α,β-unsaturated/α-hetero) is 1. The molecule has 0 fully saturated rings. The molecule has 0 amide bonds. The molecule has 4 nitrogen and oxygen atoms in total. The molecule has 2 aromatic carbocycles. The Bertz CT molecular complexity index is 842. The molecule has 0 saturated carbocycles. The van der Waals surface area contributed by atoms with Crippen molar-refractivity contribution < 1.29 is 19.1 Å². The lowest BCUT2D eigenvalue weighted by molar-refractivity contribution is -0.143. The van der Waals surface area contributed by atoms with Crippen molar-refractivity contribution in [3.05, 3.63) is 76.9 Å². The number of benzene rings is 2. The molecule has 120 valence electrons. The molecule has 0 N–H and O–H groups in total. The van der Waals surface area contributed by atoms with Crippen LogP contribution in [0.5, 0.6) is 0 Å². The quantitative estimate of drug-likeness (QED) is 0.495. The van der Waals surface area contributed by atoms with Crippen molar-refractivity contribution in [1.29, 1.82) is 0 Å². The van der Waals surface area contributed by atoms with E-state index in [9.17, 15) is 14.4 Å². The molecular formula is C20H16O4. The zero-order valence-corrected chi connectivity index (χ0v) is 13.4. The van der Waals surface area contributed by atoms with E-state index in [4.69, 9.17) is 4.74 Å². The van der Waals surface area contributed by atoms with Crippen LogP contribution >= 0.6 is 0 Å². The predicted molar refractivity (Wildman–Crippen MR) is 89.3 cm³/mol. The van der Waals surface area contributed by atoms with Gasteiger partial charge in [-0.1, -0.05) is 59.7 Å². The second-order valence-electron chi connectivity index (χ2n) is 5.86. The highest BCUT2D eigenvalue weighted by atomic mass is 16.5. The standard InChI is InChI=1S/C20H16O4/c1-12-3-7-14(8-4-12)17-11-16(21)18(20(23)24-17)19(22)15-9-5-13(2)6-10-15/h3-11,18H,1-2H3. The smallest absolute Gasteiger partial charge is 0.330 e. The lowest BCUT2D eigenvalue weighted by Gasteiger charge is -2.19. The zero-order chi connectivity index (χ0) is 17.3. The Kier molecular flexibility index (Phi) is 4.13. The number of hydrogen-bond acceptors (Lipinski definition) is 4. The largest absolute Gasteiger partial charge is 0.425 e. The third-order valence-electron chi connectivity index (χ3n) is 3.94. The van der Waals surface area contributed by atoms with Gasteiger partial charge in [-0.3, -0.25) is 14.4 Å². The third-order valence-corrected chi connectivity index (χ3v) is 3.94. The fourth-order valence-electron chi connectivity index (χ4n) is 2.51. The molecule has 0 saturated heterocycles. The number of allylic oxidation sites excluding steroid dienone is 1. The molecule has 1 heterocycles. The molecule has 0 spiro atoms. The molecule has 0 bridgehead atoms. The SMILES string of the molecule is Cc1ccc(C(=O)C2C(=O)C=C(c3ccc(C)cc3)OC2=O)cc1. The maximum Gasteiger partial charge on any atom is 0.330 e. The summed E-state index contributed by atoms with van der Waals surface area (Å²) in [5.74, 6) is -3.17. The van der Waals surface area contributed by atoms with E-state index in [0.29, 0.717) is 11.1 Å². The van der Waals surface area contributed by atoms with Crippen LogP contribution < -0.4 is 0 Å². The minimum absolute atomic E-state index is 0.179. The van der Waals surface area contributed by atoms with Gasteiger partial charge in [-0.2, -0.15) is 0 Å². The van der Waals surface area contributed by atoms with E-state index >= 15 is 0 Å². The van der Waals surface area contributed by atoms with Crippen molar-refractivity contribution in [2.75, 3.05) is 0 Å². The summed E-state index contributed by atoms with van der Waals surface area (Å²) in [5, 5.41) is 0. The monoisotopic (exact) mass is 320 g/mol. The molecule has 0 aromatic heterocycles. The Balaban J connectivity index is 1.89. The van der Waals surface area contributed by atoms with Crippen molar-refractivity contribution >= 4 is 23.3 Å². The number of carbonyl (C=O) groups excluding carboxylic acids is 3. The van der Waals surface area contributed by atoms with Gasteiger partial charge < -0.3 is 4.74 Å². The number of carbonyl (C=O) groups is 3. The van der Waals surface area contributed by atoms with E-state index in [1.807, 2.05) is 26.0 Å². The zero-order valence-electron chi connectivity index (χ0n) is 13.4. The molecule has 1 atom stereocenters. The highest BCUT2D eigenvalue weighted by Gasteiger charge is 2.39. The topological polar surface area (TPSA) is 60.4 Å². The summed E-state index contributed by atoms with van der Waals surface area (Å²) < 4.78 is 5.24. The van der Waals surface area contributed by atoms with Gasteiger partial charge >= 0.3 is 5.97 Å².